The van der Waals surface area contributed by atoms with Gasteiger partial charge in [-0.25, -0.2) is 12.9 Å². The van der Waals surface area contributed by atoms with E-state index in [9.17, 15) is 13.2 Å². The molecule has 0 bridgehead atoms. The lowest BCUT2D eigenvalue weighted by Gasteiger charge is -2.12. The molecule has 0 radical (unpaired) electrons. The molecule has 2 heterocycles. The third kappa shape index (κ3) is 5.20. The van der Waals surface area contributed by atoms with Crippen LogP contribution in [0.5, 0.6) is 11.5 Å². The van der Waals surface area contributed by atoms with Crippen LogP contribution in [0.15, 0.2) is 85.2 Å². The van der Waals surface area contributed by atoms with Gasteiger partial charge in [0.25, 0.3) is 5.91 Å². The first-order chi connectivity index (χ1) is 15.0. The summed E-state index contributed by atoms with van der Waals surface area (Å²) >= 11 is 0. The summed E-state index contributed by atoms with van der Waals surface area (Å²) in [6.45, 7) is -0.0528. The van der Waals surface area contributed by atoms with Gasteiger partial charge in [-0.1, -0.05) is 30.3 Å². The molecule has 9 heteroatoms. The zero-order valence-electron chi connectivity index (χ0n) is 16.4. The Morgan fingerprint density at radius 2 is 1.77 bits per heavy atom. The second-order valence-electron chi connectivity index (χ2n) is 6.70. The molecule has 1 amide bonds. The molecular weight excluding hydrogens is 416 g/mol. The first-order valence-electron chi connectivity index (χ1n) is 9.54. The van der Waals surface area contributed by atoms with Crippen LogP contribution in [0, 0.1) is 0 Å². The predicted octanol–water partition coefficient (Wildman–Crippen LogP) is 3.30. The van der Waals surface area contributed by atoms with E-state index in [0.717, 1.165) is 5.52 Å². The van der Waals surface area contributed by atoms with Gasteiger partial charge in [-0.05, 0) is 42.5 Å². The van der Waals surface area contributed by atoms with Crippen molar-refractivity contribution in [2.24, 2.45) is 0 Å². The summed E-state index contributed by atoms with van der Waals surface area (Å²) in [5.74, 6) is 0.304. The van der Waals surface area contributed by atoms with Gasteiger partial charge < -0.3 is 10.1 Å². The molecule has 0 saturated heterocycles. The molecule has 0 aliphatic carbocycles. The highest BCUT2D eigenvalue weighted by atomic mass is 32.2. The Morgan fingerprint density at radius 1 is 1.00 bits per heavy atom. The number of benzene rings is 2. The number of fused-ring (bicyclic) bond motifs is 1. The molecule has 4 aromatic rings. The number of rotatable bonds is 8. The monoisotopic (exact) mass is 436 g/mol. The van der Waals surface area contributed by atoms with Crippen LogP contribution < -0.4 is 14.8 Å². The maximum Gasteiger partial charge on any atom is 0.255 e. The minimum Gasteiger partial charge on any atom is -0.457 e. The van der Waals surface area contributed by atoms with E-state index in [4.69, 9.17) is 4.74 Å². The number of carbonyl (C=O) groups is 1. The van der Waals surface area contributed by atoms with Gasteiger partial charge in [0.05, 0.1) is 22.5 Å². The van der Waals surface area contributed by atoms with E-state index in [1.807, 2.05) is 18.2 Å². The van der Waals surface area contributed by atoms with Gasteiger partial charge in [-0.2, -0.15) is 5.10 Å². The second-order valence-corrected chi connectivity index (χ2v) is 8.55. The lowest BCUT2D eigenvalue weighted by Crippen LogP contribution is -2.31. The molecule has 0 aliphatic heterocycles. The summed E-state index contributed by atoms with van der Waals surface area (Å²) in [6.07, 6.45) is 3.29. The molecule has 2 N–H and O–H groups in total. The van der Waals surface area contributed by atoms with Crippen molar-refractivity contribution in [3.05, 3.63) is 90.8 Å². The number of amides is 1. The lowest BCUT2D eigenvalue weighted by atomic mass is 10.2. The molecule has 158 valence electrons. The highest BCUT2D eigenvalue weighted by molar-refractivity contribution is 7.92. The molecule has 0 saturated carbocycles. The predicted molar refractivity (Wildman–Crippen MR) is 118 cm³/mol. The average molecular weight is 436 g/mol. The van der Waals surface area contributed by atoms with E-state index < -0.39 is 15.9 Å². The molecule has 2 aromatic carbocycles. The molecule has 4 rings (SSSR count). The number of anilines is 1. The number of nitrogens with zero attached hydrogens (tertiary/aromatic N) is 2. The molecule has 0 atom stereocenters. The third-order valence-electron chi connectivity index (χ3n) is 4.43. The second kappa shape index (κ2) is 8.88. The van der Waals surface area contributed by atoms with Crippen molar-refractivity contribution >= 4 is 27.1 Å². The van der Waals surface area contributed by atoms with Gasteiger partial charge in [0, 0.05) is 18.9 Å². The highest BCUT2D eigenvalue weighted by Crippen LogP contribution is 2.24. The molecule has 31 heavy (non-hydrogen) atoms. The Balaban J connectivity index is 1.36. The van der Waals surface area contributed by atoms with Crippen molar-refractivity contribution in [1.29, 1.82) is 0 Å². The summed E-state index contributed by atoms with van der Waals surface area (Å²) in [7, 11) is -3.65. The van der Waals surface area contributed by atoms with Crippen LogP contribution in [-0.2, 0) is 10.0 Å². The highest BCUT2D eigenvalue weighted by Gasteiger charge is 2.15. The number of hydrogen-bond donors (Lipinski definition) is 2. The quantitative estimate of drug-likeness (QED) is 0.441. The lowest BCUT2D eigenvalue weighted by molar-refractivity contribution is 0.0954. The van der Waals surface area contributed by atoms with Gasteiger partial charge in [-0.15, -0.1) is 0 Å². The van der Waals surface area contributed by atoms with Crippen LogP contribution in [0.2, 0.25) is 0 Å². The zero-order valence-corrected chi connectivity index (χ0v) is 17.2. The fraction of sp³-hybridized carbons (Fsp3) is 0.0909. The van der Waals surface area contributed by atoms with Crippen LogP contribution in [0.1, 0.15) is 10.4 Å². The minimum atomic E-state index is -3.65. The van der Waals surface area contributed by atoms with Crippen LogP contribution in [-0.4, -0.2) is 36.2 Å². The largest absolute Gasteiger partial charge is 0.457 e. The first-order valence-corrected chi connectivity index (χ1v) is 11.2. The van der Waals surface area contributed by atoms with E-state index in [1.54, 1.807) is 71.5 Å². The van der Waals surface area contributed by atoms with E-state index in [2.05, 4.69) is 15.1 Å². The Labute approximate surface area is 179 Å². The Hall–Kier alpha value is -3.85. The number of ether oxygens (including phenoxy) is 1. The van der Waals surface area contributed by atoms with Crippen LogP contribution in [0.3, 0.4) is 0 Å². The number of pyridine rings is 1. The van der Waals surface area contributed by atoms with E-state index in [-0.39, 0.29) is 12.3 Å². The number of sulfonamides is 1. The van der Waals surface area contributed by atoms with Crippen molar-refractivity contribution in [2.45, 2.75) is 0 Å². The number of nitrogens with one attached hydrogen (secondary N) is 2. The van der Waals surface area contributed by atoms with Crippen molar-refractivity contribution in [1.82, 2.24) is 14.9 Å². The standard InChI is InChI=1S/C22H20N4O4S/c27-22(20-8-4-5-9-21(20)30-19-6-2-1-3-7-19)23-13-15-31(28,29)25-17-11-14-26-18(16-17)10-12-24-26/h1-12,14,16,25H,13,15H2,(H,23,27). The van der Waals surface area contributed by atoms with Crippen molar-refractivity contribution < 1.29 is 17.9 Å². The maximum atomic E-state index is 12.6. The first kappa shape index (κ1) is 20.4. The van der Waals surface area contributed by atoms with Gasteiger partial charge in [0.1, 0.15) is 11.5 Å². The minimum absolute atomic E-state index is 0.0528. The number of para-hydroxylation sites is 2. The topological polar surface area (TPSA) is 102 Å². The summed E-state index contributed by atoms with van der Waals surface area (Å²) in [5.41, 5.74) is 1.52. The summed E-state index contributed by atoms with van der Waals surface area (Å²) in [5, 5.41) is 6.71. The normalized spacial score (nSPS) is 11.2. The molecule has 0 aliphatic rings. The summed E-state index contributed by atoms with van der Waals surface area (Å²) < 4.78 is 34.7. The van der Waals surface area contributed by atoms with Crippen molar-refractivity contribution in [2.75, 3.05) is 17.0 Å². The fourth-order valence-electron chi connectivity index (χ4n) is 2.97. The summed E-state index contributed by atoms with van der Waals surface area (Å²) in [6, 6.07) is 21.0. The molecule has 2 aromatic heterocycles. The maximum absolute atomic E-state index is 12.6. The Bertz CT molecular complexity index is 1300. The number of hydrogen-bond acceptors (Lipinski definition) is 5. The molecule has 8 nitrogen and oxygen atoms in total. The molecule has 0 spiro atoms. The third-order valence-corrected chi connectivity index (χ3v) is 5.72. The van der Waals surface area contributed by atoms with E-state index in [1.165, 1.54) is 0 Å². The molecule has 0 fully saturated rings. The van der Waals surface area contributed by atoms with Gasteiger partial charge in [-0.3, -0.25) is 9.52 Å². The number of aromatic nitrogens is 2. The molecular formula is C22H20N4O4S. The zero-order chi connectivity index (χ0) is 21.7. The Kier molecular flexibility index (Phi) is 5.85. The Morgan fingerprint density at radius 3 is 2.61 bits per heavy atom. The smallest absolute Gasteiger partial charge is 0.255 e. The van der Waals surface area contributed by atoms with Crippen LogP contribution in [0.25, 0.3) is 5.52 Å². The van der Waals surface area contributed by atoms with Gasteiger partial charge in [0.15, 0.2) is 0 Å². The van der Waals surface area contributed by atoms with Crippen molar-refractivity contribution in [3.63, 3.8) is 0 Å². The average Bonchev–Trinajstić information content (AvgIpc) is 3.22. The van der Waals surface area contributed by atoms with E-state index in [0.29, 0.717) is 22.7 Å². The van der Waals surface area contributed by atoms with Gasteiger partial charge in [0.2, 0.25) is 10.0 Å². The van der Waals surface area contributed by atoms with Gasteiger partial charge >= 0.3 is 0 Å². The molecule has 0 unspecified atom stereocenters. The number of carbonyl (C=O) groups excluding carboxylic acids is 1. The van der Waals surface area contributed by atoms with Crippen molar-refractivity contribution in [3.8, 4) is 11.5 Å². The SMILES string of the molecule is O=C(NCCS(=O)(=O)Nc1ccn2nccc2c1)c1ccccc1Oc1ccccc1. The van der Waals surface area contributed by atoms with Crippen LogP contribution in [0.4, 0.5) is 5.69 Å². The van der Waals surface area contributed by atoms with E-state index >= 15 is 0 Å². The van der Waals surface area contributed by atoms with Crippen LogP contribution >= 0.6 is 0 Å². The fourth-order valence-corrected chi connectivity index (χ4v) is 3.93. The summed E-state index contributed by atoms with van der Waals surface area (Å²) in [4.78, 5) is 12.6.